The number of hydrogen-bond acceptors (Lipinski definition) is 6. The minimum Gasteiger partial charge on any atom is -0.355 e. The number of aryl methyl sites for hydroxylation is 1. The van der Waals surface area contributed by atoms with Crippen molar-refractivity contribution in [1.29, 1.82) is 0 Å². The Balaban J connectivity index is 1.52. The minimum absolute atomic E-state index is 0.0253. The van der Waals surface area contributed by atoms with E-state index < -0.39 is 15.8 Å². The molecule has 1 aromatic carbocycles. The van der Waals surface area contributed by atoms with E-state index in [9.17, 15) is 17.6 Å². The van der Waals surface area contributed by atoms with Gasteiger partial charge in [-0.15, -0.1) is 0 Å². The first-order valence-corrected chi connectivity index (χ1v) is 13.2. The van der Waals surface area contributed by atoms with Crippen molar-refractivity contribution < 1.29 is 22.1 Å². The number of sulfonamides is 1. The smallest absolute Gasteiger partial charge is 0.248 e. The van der Waals surface area contributed by atoms with E-state index in [1.165, 1.54) is 22.5 Å². The summed E-state index contributed by atoms with van der Waals surface area (Å²) in [5, 5.41) is 3.85. The van der Waals surface area contributed by atoms with Crippen LogP contribution in [0.4, 0.5) is 4.39 Å². The monoisotopic (exact) mass is 490 g/mol. The zero-order chi connectivity index (χ0) is 24.3. The first kappa shape index (κ1) is 24.6. The van der Waals surface area contributed by atoms with Crippen LogP contribution in [0.15, 0.2) is 33.7 Å². The number of carbonyl (C=O) groups is 1. The highest BCUT2D eigenvalue weighted by Crippen LogP contribution is 2.30. The molecule has 184 valence electrons. The Morgan fingerprint density at radius 2 is 1.91 bits per heavy atom. The lowest BCUT2D eigenvalue weighted by Gasteiger charge is -2.38. The standard InChI is InChI=1S/C24H31FN4O4S/c1-3-27-13-15-28(16-14-27)24(30)20-8-6-12-29(17-20)34(31,32)23-18(2)26-33-22(23)11-10-19-7-4-5-9-21(19)25/h4-5,7,9-11,20H,3,6,8,12-17H2,1-2H3/b11-10+/t20-/m0/s1. The van der Waals surface area contributed by atoms with Gasteiger partial charge in [0.15, 0.2) is 10.7 Å². The largest absolute Gasteiger partial charge is 0.355 e. The molecule has 1 aromatic heterocycles. The molecule has 0 N–H and O–H groups in total. The van der Waals surface area contributed by atoms with Crippen LogP contribution in [0.1, 0.15) is 36.8 Å². The molecule has 0 unspecified atom stereocenters. The number of likely N-dealkylation sites (N-methyl/N-ethyl adjacent to an activating group) is 1. The summed E-state index contributed by atoms with van der Waals surface area (Å²) in [6.07, 6.45) is 4.16. The van der Waals surface area contributed by atoms with Crippen molar-refractivity contribution in [2.45, 2.75) is 31.6 Å². The zero-order valence-corrected chi connectivity index (χ0v) is 20.4. The molecule has 34 heavy (non-hydrogen) atoms. The van der Waals surface area contributed by atoms with E-state index in [1.54, 1.807) is 25.1 Å². The summed E-state index contributed by atoms with van der Waals surface area (Å²) in [6.45, 7) is 8.13. The quantitative estimate of drug-likeness (QED) is 0.619. The molecule has 2 fully saturated rings. The highest BCUT2D eigenvalue weighted by molar-refractivity contribution is 7.89. The number of halogens is 1. The topological polar surface area (TPSA) is 87.0 Å². The van der Waals surface area contributed by atoms with Gasteiger partial charge in [-0.3, -0.25) is 4.79 Å². The van der Waals surface area contributed by atoms with E-state index in [4.69, 9.17) is 4.52 Å². The van der Waals surface area contributed by atoms with Crippen LogP contribution in [-0.4, -0.2) is 79.4 Å². The van der Waals surface area contributed by atoms with Crippen LogP contribution in [0.25, 0.3) is 12.2 Å². The van der Waals surface area contributed by atoms with Crippen molar-refractivity contribution in [2.75, 3.05) is 45.8 Å². The summed E-state index contributed by atoms with van der Waals surface area (Å²) in [5.41, 5.74) is 0.545. The second kappa shape index (κ2) is 10.4. The van der Waals surface area contributed by atoms with Crippen molar-refractivity contribution in [3.8, 4) is 0 Å². The van der Waals surface area contributed by atoms with Gasteiger partial charge in [0, 0.05) is 44.8 Å². The fraction of sp³-hybridized carbons (Fsp3) is 0.500. The van der Waals surface area contributed by atoms with Crippen molar-refractivity contribution in [3.63, 3.8) is 0 Å². The van der Waals surface area contributed by atoms with Crippen LogP contribution in [0.3, 0.4) is 0 Å². The number of nitrogens with zero attached hydrogens (tertiary/aromatic N) is 4. The summed E-state index contributed by atoms with van der Waals surface area (Å²) in [5.74, 6) is -0.715. The fourth-order valence-corrected chi connectivity index (χ4v) is 6.38. The third-order valence-corrected chi connectivity index (χ3v) is 8.64. The number of benzene rings is 1. The van der Waals surface area contributed by atoms with E-state index in [1.807, 2.05) is 4.90 Å². The van der Waals surface area contributed by atoms with Crippen molar-refractivity contribution in [1.82, 2.24) is 19.3 Å². The van der Waals surface area contributed by atoms with E-state index in [0.717, 1.165) is 19.6 Å². The summed E-state index contributed by atoms with van der Waals surface area (Å²) in [7, 11) is -3.95. The molecule has 1 amide bonds. The first-order chi connectivity index (χ1) is 16.3. The minimum atomic E-state index is -3.95. The van der Waals surface area contributed by atoms with Gasteiger partial charge in [0.05, 0.1) is 5.92 Å². The van der Waals surface area contributed by atoms with Gasteiger partial charge in [-0.2, -0.15) is 4.31 Å². The molecule has 4 rings (SSSR count). The normalized spacial score (nSPS) is 20.8. The van der Waals surface area contributed by atoms with Crippen molar-refractivity contribution >= 4 is 28.1 Å². The number of amides is 1. The van der Waals surface area contributed by atoms with E-state index in [0.29, 0.717) is 38.0 Å². The molecular formula is C24H31FN4O4S. The molecule has 8 nitrogen and oxygen atoms in total. The molecule has 0 radical (unpaired) electrons. The maximum Gasteiger partial charge on any atom is 0.248 e. The van der Waals surface area contributed by atoms with Crippen LogP contribution in [0.5, 0.6) is 0 Å². The molecule has 2 aromatic rings. The van der Waals surface area contributed by atoms with Crippen LogP contribution in [-0.2, 0) is 14.8 Å². The fourth-order valence-electron chi connectivity index (χ4n) is 4.61. The average Bonchev–Trinajstić information content (AvgIpc) is 3.24. The number of carbonyl (C=O) groups excluding carboxylic acids is 1. The van der Waals surface area contributed by atoms with Gasteiger partial charge in [0.1, 0.15) is 11.5 Å². The maximum atomic E-state index is 14.0. The lowest BCUT2D eigenvalue weighted by Crippen LogP contribution is -2.52. The Morgan fingerprint density at radius 3 is 2.62 bits per heavy atom. The number of hydrogen-bond donors (Lipinski definition) is 0. The van der Waals surface area contributed by atoms with Gasteiger partial charge in [-0.05, 0) is 44.5 Å². The molecule has 0 spiro atoms. The number of aromatic nitrogens is 1. The molecule has 0 aliphatic carbocycles. The Bertz CT molecular complexity index is 1160. The predicted molar refractivity (Wildman–Crippen MR) is 127 cm³/mol. The van der Waals surface area contributed by atoms with Crippen LogP contribution < -0.4 is 0 Å². The second-order valence-electron chi connectivity index (χ2n) is 8.78. The molecule has 10 heteroatoms. The summed E-state index contributed by atoms with van der Waals surface area (Å²) >= 11 is 0. The molecule has 2 saturated heterocycles. The molecule has 3 heterocycles. The van der Waals surface area contributed by atoms with Crippen LogP contribution >= 0.6 is 0 Å². The molecule has 1 atom stereocenters. The van der Waals surface area contributed by atoms with Gasteiger partial charge in [-0.25, -0.2) is 12.8 Å². The van der Waals surface area contributed by atoms with Gasteiger partial charge >= 0.3 is 0 Å². The Labute approximate surface area is 200 Å². The van der Waals surface area contributed by atoms with Crippen molar-refractivity contribution in [3.05, 3.63) is 47.1 Å². The van der Waals surface area contributed by atoms with Crippen molar-refractivity contribution in [2.24, 2.45) is 5.92 Å². The predicted octanol–water partition coefficient (Wildman–Crippen LogP) is 2.86. The maximum absolute atomic E-state index is 14.0. The highest BCUT2D eigenvalue weighted by Gasteiger charge is 2.38. The van der Waals surface area contributed by atoms with E-state index in [-0.39, 0.29) is 34.7 Å². The van der Waals surface area contributed by atoms with Crippen LogP contribution in [0.2, 0.25) is 0 Å². The molecule has 2 aliphatic rings. The molecule has 2 aliphatic heterocycles. The Morgan fingerprint density at radius 1 is 1.18 bits per heavy atom. The Hall–Kier alpha value is -2.56. The van der Waals surface area contributed by atoms with Gasteiger partial charge in [-0.1, -0.05) is 30.3 Å². The lowest BCUT2D eigenvalue weighted by molar-refractivity contribution is -0.138. The zero-order valence-electron chi connectivity index (χ0n) is 19.6. The molecule has 0 bridgehead atoms. The van der Waals surface area contributed by atoms with Crippen LogP contribution in [0, 0.1) is 18.7 Å². The van der Waals surface area contributed by atoms with Gasteiger partial charge in [0.25, 0.3) is 0 Å². The highest BCUT2D eigenvalue weighted by atomic mass is 32.2. The molecular weight excluding hydrogens is 459 g/mol. The summed E-state index contributed by atoms with van der Waals surface area (Å²) in [4.78, 5) is 17.3. The number of piperidine rings is 1. The summed E-state index contributed by atoms with van der Waals surface area (Å²) < 4.78 is 47.8. The molecule has 0 saturated carbocycles. The van der Waals surface area contributed by atoms with E-state index >= 15 is 0 Å². The van der Waals surface area contributed by atoms with Gasteiger partial charge in [0.2, 0.25) is 15.9 Å². The number of piperazine rings is 1. The SMILES string of the molecule is CCN1CCN(C(=O)[C@H]2CCCN(S(=O)(=O)c3c(C)noc3/C=C/c3ccccc3F)C2)CC1. The third-order valence-electron chi connectivity index (χ3n) is 6.62. The third kappa shape index (κ3) is 5.08. The summed E-state index contributed by atoms with van der Waals surface area (Å²) in [6, 6.07) is 6.19. The first-order valence-electron chi connectivity index (χ1n) is 11.7. The Kier molecular flexibility index (Phi) is 7.49. The van der Waals surface area contributed by atoms with Gasteiger partial charge < -0.3 is 14.3 Å². The second-order valence-corrected chi connectivity index (χ2v) is 10.7. The number of rotatable bonds is 6. The van der Waals surface area contributed by atoms with E-state index in [2.05, 4.69) is 17.0 Å². The lowest BCUT2D eigenvalue weighted by atomic mass is 9.98. The average molecular weight is 491 g/mol.